The SMILES string of the molecule is CCCCCCOc1ccc(C(=O)N(Cc2ccc(N(C)C)cc2)C2CCS(=O)(=O)C2)cc1. The molecule has 0 aromatic heterocycles. The van der Waals surface area contributed by atoms with Gasteiger partial charge in [0.1, 0.15) is 5.75 Å². The molecule has 0 N–H and O–H groups in total. The van der Waals surface area contributed by atoms with Gasteiger partial charge in [-0.15, -0.1) is 0 Å². The third kappa shape index (κ3) is 7.22. The lowest BCUT2D eigenvalue weighted by molar-refractivity contribution is 0.0681. The van der Waals surface area contributed by atoms with Crippen LogP contribution in [0.5, 0.6) is 5.75 Å². The van der Waals surface area contributed by atoms with Gasteiger partial charge in [-0.3, -0.25) is 4.79 Å². The number of anilines is 1. The van der Waals surface area contributed by atoms with Crippen LogP contribution in [0.1, 0.15) is 54.9 Å². The number of amides is 1. The van der Waals surface area contributed by atoms with Gasteiger partial charge in [0.25, 0.3) is 5.91 Å². The summed E-state index contributed by atoms with van der Waals surface area (Å²) in [5.41, 5.74) is 2.60. The van der Waals surface area contributed by atoms with E-state index in [4.69, 9.17) is 4.74 Å². The van der Waals surface area contributed by atoms with Crippen LogP contribution in [0.25, 0.3) is 0 Å². The number of sulfone groups is 1. The number of ether oxygens (including phenoxy) is 1. The third-order valence-corrected chi connectivity index (χ3v) is 7.83. The number of carbonyl (C=O) groups excluding carboxylic acids is 1. The fraction of sp³-hybridized carbons (Fsp3) is 0.500. The van der Waals surface area contributed by atoms with Gasteiger partial charge in [-0.05, 0) is 54.8 Å². The maximum Gasteiger partial charge on any atom is 0.254 e. The van der Waals surface area contributed by atoms with Gasteiger partial charge in [0.15, 0.2) is 9.84 Å². The van der Waals surface area contributed by atoms with Crippen LogP contribution in [-0.2, 0) is 16.4 Å². The molecule has 0 saturated carbocycles. The minimum atomic E-state index is -3.11. The van der Waals surface area contributed by atoms with E-state index in [9.17, 15) is 13.2 Å². The molecule has 6 nitrogen and oxygen atoms in total. The molecular weight excluding hydrogens is 436 g/mol. The van der Waals surface area contributed by atoms with Gasteiger partial charge in [-0.2, -0.15) is 0 Å². The number of hydrogen-bond acceptors (Lipinski definition) is 5. The Bertz CT molecular complexity index is 1000. The topological polar surface area (TPSA) is 66.9 Å². The van der Waals surface area contributed by atoms with Crippen molar-refractivity contribution in [2.75, 3.05) is 37.1 Å². The maximum atomic E-state index is 13.4. The molecule has 180 valence electrons. The van der Waals surface area contributed by atoms with Crippen LogP contribution in [0.2, 0.25) is 0 Å². The molecular formula is C26H36N2O4S. The summed E-state index contributed by atoms with van der Waals surface area (Å²) >= 11 is 0. The molecule has 2 aromatic carbocycles. The van der Waals surface area contributed by atoms with E-state index < -0.39 is 9.84 Å². The largest absolute Gasteiger partial charge is 0.494 e. The Hall–Kier alpha value is -2.54. The van der Waals surface area contributed by atoms with Crippen LogP contribution < -0.4 is 9.64 Å². The first kappa shape index (κ1) is 25.1. The average molecular weight is 473 g/mol. The second kappa shape index (κ2) is 11.5. The Morgan fingerprint density at radius 1 is 1.00 bits per heavy atom. The highest BCUT2D eigenvalue weighted by molar-refractivity contribution is 7.91. The summed E-state index contributed by atoms with van der Waals surface area (Å²) in [6.07, 6.45) is 5.05. The van der Waals surface area contributed by atoms with Crippen molar-refractivity contribution in [2.45, 2.75) is 51.6 Å². The van der Waals surface area contributed by atoms with Crippen LogP contribution in [0.4, 0.5) is 5.69 Å². The summed E-state index contributed by atoms with van der Waals surface area (Å²) in [5, 5.41) is 0. The van der Waals surface area contributed by atoms with E-state index in [0.29, 0.717) is 25.1 Å². The first-order chi connectivity index (χ1) is 15.8. The quantitative estimate of drug-likeness (QED) is 0.449. The highest BCUT2D eigenvalue weighted by atomic mass is 32.2. The minimum Gasteiger partial charge on any atom is -0.494 e. The Morgan fingerprint density at radius 2 is 1.70 bits per heavy atom. The molecule has 0 spiro atoms. The van der Waals surface area contributed by atoms with E-state index in [1.54, 1.807) is 17.0 Å². The number of benzene rings is 2. The molecule has 2 aromatic rings. The van der Waals surface area contributed by atoms with Crippen LogP contribution in [0.3, 0.4) is 0 Å². The number of unbranched alkanes of at least 4 members (excludes halogenated alkanes) is 3. The van der Waals surface area contributed by atoms with Crippen molar-refractivity contribution in [1.29, 1.82) is 0 Å². The van der Waals surface area contributed by atoms with Gasteiger partial charge in [0, 0.05) is 37.9 Å². The number of hydrogen-bond donors (Lipinski definition) is 0. The summed E-state index contributed by atoms with van der Waals surface area (Å²) in [6.45, 7) is 3.23. The van der Waals surface area contributed by atoms with E-state index in [-0.39, 0.29) is 23.5 Å². The van der Waals surface area contributed by atoms with Gasteiger partial charge in [0.05, 0.1) is 18.1 Å². The molecule has 1 atom stereocenters. The lowest BCUT2D eigenvalue weighted by atomic mass is 10.1. The second-order valence-electron chi connectivity index (χ2n) is 8.98. The molecule has 1 amide bonds. The number of rotatable bonds is 11. The highest BCUT2D eigenvalue weighted by Gasteiger charge is 2.35. The van der Waals surface area contributed by atoms with E-state index >= 15 is 0 Å². The van der Waals surface area contributed by atoms with Crippen molar-refractivity contribution >= 4 is 21.4 Å². The van der Waals surface area contributed by atoms with Gasteiger partial charge in [-0.25, -0.2) is 8.42 Å². The van der Waals surface area contributed by atoms with Crippen molar-refractivity contribution in [3.63, 3.8) is 0 Å². The van der Waals surface area contributed by atoms with Crippen molar-refractivity contribution in [1.82, 2.24) is 4.90 Å². The molecule has 1 heterocycles. The standard InChI is InChI=1S/C26H36N2O4S/c1-4-5-6-7-17-32-25-14-10-22(11-15-25)26(29)28(24-16-18-33(30,31)20-24)19-21-8-12-23(13-9-21)27(2)3/h8-15,24H,4-7,16-20H2,1-3H3. The average Bonchev–Trinajstić information content (AvgIpc) is 3.17. The molecule has 0 bridgehead atoms. The van der Waals surface area contributed by atoms with Crippen LogP contribution >= 0.6 is 0 Å². The van der Waals surface area contributed by atoms with E-state index in [0.717, 1.165) is 29.8 Å². The van der Waals surface area contributed by atoms with Gasteiger partial charge in [-0.1, -0.05) is 38.3 Å². The zero-order chi connectivity index (χ0) is 23.8. The van der Waals surface area contributed by atoms with Crippen molar-refractivity contribution in [3.8, 4) is 5.75 Å². The molecule has 0 aliphatic carbocycles. The lowest BCUT2D eigenvalue weighted by Gasteiger charge is -2.29. The summed E-state index contributed by atoms with van der Waals surface area (Å²) in [4.78, 5) is 17.2. The Kier molecular flexibility index (Phi) is 8.78. The summed E-state index contributed by atoms with van der Waals surface area (Å²) in [7, 11) is 0.847. The summed E-state index contributed by atoms with van der Waals surface area (Å²) in [5.74, 6) is 0.750. The second-order valence-corrected chi connectivity index (χ2v) is 11.2. The van der Waals surface area contributed by atoms with Crippen LogP contribution in [0, 0.1) is 0 Å². The summed E-state index contributed by atoms with van der Waals surface area (Å²) < 4.78 is 30.0. The lowest BCUT2D eigenvalue weighted by Crippen LogP contribution is -2.40. The van der Waals surface area contributed by atoms with Crippen molar-refractivity contribution in [3.05, 3.63) is 59.7 Å². The molecule has 1 fully saturated rings. The highest BCUT2D eigenvalue weighted by Crippen LogP contribution is 2.24. The Morgan fingerprint density at radius 3 is 2.27 bits per heavy atom. The fourth-order valence-corrected chi connectivity index (χ4v) is 5.79. The van der Waals surface area contributed by atoms with E-state index in [1.165, 1.54) is 12.8 Å². The molecule has 1 saturated heterocycles. The van der Waals surface area contributed by atoms with Crippen LogP contribution in [0.15, 0.2) is 48.5 Å². The Balaban J connectivity index is 1.72. The fourth-order valence-electron chi connectivity index (χ4n) is 4.06. The first-order valence-corrected chi connectivity index (χ1v) is 13.6. The molecule has 33 heavy (non-hydrogen) atoms. The normalized spacial score (nSPS) is 17.0. The van der Waals surface area contributed by atoms with Crippen molar-refractivity contribution in [2.24, 2.45) is 0 Å². The smallest absolute Gasteiger partial charge is 0.254 e. The zero-order valence-electron chi connectivity index (χ0n) is 20.0. The van der Waals surface area contributed by atoms with Gasteiger partial charge in [0.2, 0.25) is 0 Å². The van der Waals surface area contributed by atoms with Crippen molar-refractivity contribution < 1.29 is 17.9 Å². The molecule has 0 radical (unpaired) electrons. The molecule has 3 rings (SSSR count). The number of carbonyl (C=O) groups is 1. The zero-order valence-corrected chi connectivity index (χ0v) is 20.8. The number of nitrogens with zero attached hydrogens (tertiary/aromatic N) is 2. The molecule has 7 heteroatoms. The Labute approximate surface area is 198 Å². The molecule has 1 unspecified atom stereocenters. The predicted molar refractivity (Wildman–Crippen MR) is 134 cm³/mol. The monoisotopic (exact) mass is 472 g/mol. The minimum absolute atomic E-state index is 0.0213. The molecule has 1 aliphatic rings. The van der Waals surface area contributed by atoms with E-state index in [2.05, 4.69) is 6.92 Å². The first-order valence-electron chi connectivity index (χ1n) is 11.8. The predicted octanol–water partition coefficient (Wildman–Crippen LogP) is 4.54. The van der Waals surface area contributed by atoms with E-state index in [1.807, 2.05) is 55.4 Å². The van der Waals surface area contributed by atoms with Crippen LogP contribution in [-0.4, -0.2) is 57.5 Å². The van der Waals surface area contributed by atoms with Gasteiger partial charge >= 0.3 is 0 Å². The third-order valence-electron chi connectivity index (χ3n) is 6.08. The molecule has 1 aliphatic heterocycles. The van der Waals surface area contributed by atoms with Gasteiger partial charge < -0.3 is 14.5 Å². The maximum absolute atomic E-state index is 13.4. The summed E-state index contributed by atoms with van der Waals surface area (Å²) in [6, 6.07) is 14.9.